The minimum absolute atomic E-state index is 0.0114. The summed E-state index contributed by atoms with van der Waals surface area (Å²) in [5.74, 6) is 0.361. The Morgan fingerprint density at radius 3 is 2.50 bits per heavy atom. The third-order valence-corrected chi connectivity index (χ3v) is 2.75. The fourth-order valence-electron chi connectivity index (χ4n) is 1.77. The van der Waals surface area contributed by atoms with E-state index in [1.54, 1.807) is 0 Å². The summed E-state index contributed by atoms with van der Waals surface area (Å²) in [6.07, 6.45) is 0. The molecule has 0 spiro atoms. The van der Waals surface area contributed by atoms with Crippen LogP contribution < -0.4 is 4.74 Å². The lowest BCUT2D eigenvalue weighted by atomic mass is 9.85. The quantitative estimate of drug-likeness (QED) is 0.631. The second-order valence-electron chi connectivity index (χ2n) is 5.11. The van der Waals surface area contributed by atoms with Crippen molar-refractivity contribution in [3.05, 3.63) is 28.8 Å². The summed E-state index contributed by atoms with van der Waals surface area (Å²) in [5, 5.41) is 0. The minimum atomic E-state index is -0.296. The number of carbonyl (C=O) groups is 1. The van der Waals surface area contributed by atoms with E-state index in [-0.39, 0.29) is 18.2 Å². The first-order valence-electron chi connectivity index (χ1n) is 5.34. The molecule has 0 radical (unpaired) electrons. The molecule has 3 heteroatoms. The van der Waals surface area contributed by atoms with Gasteiger partial charge in [-0.05, 0) is 29.5 Å². The van der Waals surface area contributed by atoms with Crippen LogP contribution in [0.3, 0.4) is 0 Å². The molecule has 0 bridgehead atoms. The number of esters is 1. The highest BCUT2D eigenvalue weighted by Crippen LogP contribution is 2.33. The summed E-state index contributed by atoms with van der Waals surface area (Å²) in [6.45, 7) is 8.31. The van der Waals surface area contributed by atoms with Gasteiger partial charge in [0.2, 0.25) is 6.79 Å². The Balaban J connectivity index is 2.60. The third-order valence-electron chi connectivity index (χ3n) is 2.75. The van der Waals surface area contributed by atoms with Gasteiger partial charge < -0.3 is 9.47 Å². The van der Waals surface area contributed by atoms with Gasteiger partial charge in [0.15, 0.2) is 0 Å². The van der Waals surface area contributed by atoms with E-state index in [0.29, 0.717) is 11.3 Å². The Labute approximate surface area is 95.4 Å². The van der Waals surface area contributed by atoms with Crippen molar-refractivity contribution in [2.75, 3.05) is 6.79 Å². The third kappa shape index (κ3) is 1.77. The summed E-state index contributed by atoms with van der Waals surface area (Å²) >= 11 is 0. The van der Waals surface area contributed by atoms with Gasteiger partial charge in [0.1, 0.15) is 11.3 Å². The molecule has 86 valence electrons. The molecule has 0 aromatic heterocycles. The van der Waals surface area contributed by atoms with E-state index in [1.807, 2.05) is 13.0 Å². The van der Waals surface area contributed by atoms with E-state index in [0.717, 1.165) is 11.1 Å². The lowest BCUT2D eigenvalue weighted by Gasteiger charge is -2.24. The largest absolute Gasteiger partial charge is 0.456 e. The number of ether oxygens (including phenoxy) is 2. The van der Waals surface area contributed by atoms with Crippen LogP contribution >= 0.6 is 0 Å². The molecule has 0 saturated heterocycles. The maximum absolute atomic E-state index is 11.6. The molecule has 0 aliphatic carbocycles. The second kappa shape index (κ2) is 3.51. The predicted octanol–water partition coefficient (Wildman–Crippen LogP) is 2.80. The molecule has 2 rings (SSSR count). The SMILES string of the molecule is Cc1cc(C(C)(C)C)cc2c1OCOC2=O. The number of benzene rings is 1. The Kier molecular flexibility index (Phi) is 2.41. The molecule has 3 nitrogen and oxygen atoms in total. The van der Waals surface area contributed by atoms with E-state index in [2.05, 4.69) is 26.8 Å². The smallest absolute Gasteiger partial charge is 0.344 e. The fourth-order valence-corrected chi connectivity index (χ4v) is 1.77. The van der Waals surface area contributed by atoms with Gasteiger partial charge in [-0.15, -0.1) is 0 Å². The molecule has 0 fully saturated rings. The van der Waals surface area contributed by atoms with Crippen LogP contribution in [-0.4, -0.2) is 12.8 Å². The highest BCUT2D eigenvalue weighted by molar-refractivity contribution is 5.94. The van der Waals surface area contributed by atoms with Crippen LogP contribution in [0.25, 0.3) is 0 Å². The molecule has 0 atom stereocenters. The number of hydrogen-bond donors (Lipinski definition) is 0. The van der Waals surface area contributed by atoms with Gasteiger partial charge in [0, 0.05) is 0 Å². The minimum Gasteiger partial charge on any atom is -0.456 e. The van der Waals surface area contributed by atoms with Crippen molar-refractivity contribution in [2.45, 2.75) is 33.1 Å². The molecular weight excluding hydrogens is 204 g/mol. The molecule has 0 N–H and O–H groups in total. The van der Waals surface area contributed by atoms with Crippen LogP contribution in [0.5, 0.6) is 5.75 Å². The lowest BCUT2D eigenvalue weighted by Crippen LogP contribution is -2.21. The topological polar surface area (TPSA) is 35.5 Å². The standard InChI is InChI=1S/C13H16O3/c1-8-5-9(13(2,3)4)6-10-11(8)15-7-16-12(10)14/h5-6H,7H2,1-4H3. The predicted molar refractivity (Wildman–Crippen MR) is 60.8 cm³/mol. The summed E-state index contributed by atoms with van der Waals surface area (Å²) < 4.78 is 10.2. The van der Waals surface area contributed by atoms with Gasteiger partial charge in [-0.3, -0.25) is 0 Å². The first-order valence-corrected chi connectivity index (χ1v) is 5.34. The van der Waals surface area contributed by atoms with Crippen LogP contribution in [0.15, 0.2) is 12.1 Å². The first-order chi connectivity index (χ1) is 7.39. The fraction of sp³-hybridized carbons (Fsp3) is 0.462. The molecule has 1 aromatic rings. The average molecular weight is 220 g/mol. The highest BCUT2D eigenvalue weighted by Gasteiger charge is 2.25. The Hall–Kier alpha value is -1.51. The molecule has 1 aromatic carbocycles. The molecule has 1 aliphatic heterocycles. The molecule has 1 heterocycles. The van der Waals surface area contributed by atoms with Gasteiger partial charge >= 0.3 is 5.97 Å². The molecule has 16 heavy (non-hydrogen) atoms. The van der Waals surface area contributed by atoms with Crippen molar-refractivity contribution in [2.24, 2.45) is 0 Å². The van der Waals surface area contributed by atoms with E-state index >= 15 is 0 Å². The van der Waals surface area contributed by atoms with Gasteiger partial charge in [0.05, 0.1) is 0 Å². The number of cyclic esters (lactones) is 1. The monoisotopic (exact) mass is 220 g/mol. The van der Waals surface area contributed by atoms with Crippen molar-refractivity contribution < 1.29 is 14.3 Å². The number of aryl methyl sites for hydroxylation is 1. The molecule has 0 amide bonds. The first kappa shape index (κ1) is 11.0. The van der Waals surface area contributed by atoms with Gasteiger partial charge in [0.25, 0.3) is 0 Å². The highest BCUT2D eigenvalue weighted by atomic mass is 16.7. The zero-order chi connectivity index (χ0) is 11.9. The molecular formula is C13H16O3. The van der Waals surface area contributed by atoms with Crippen molar-refractivity contribution in [1.82, 2.24) is 0 Å². The van der Waals surface area contributed by atoms with Crippen LogP contribution in [0.2, 0.25) is 0 Å². The van der Waals surface area contributed by atoms with Crippen molar-refractivity contribution in [1.29, 1.82) is 0 Å². The summed E-state index contributed by atoms with van der Waals surface area (Å²) in [6, 6.07) is 3.93. The van der Waals surface area contributed by atoms with E-state index in [9.17, 15) is 4.79 Å². The maximum atomic E-state index is 11.6. The number of carbonyl (C=O) groups excluding carboxylic acids is 1. The van der Waals surface area contributed by atoms with E-state index in [1.165, 1.54) is 0 Å². The Morgan fingerprint density at radius 2 is 1.88 bits per heavy atom. The van der Waals surface area contributed by atoms with Crippen LogP contribution in [-0.2, 0) is 10.2 Å². The summed E-state index contributed by atoms with van der Waals surface area (Å²) in [5.41, 5.74) is 2.65. The molecule has 0 unspecified atom stereocenters. The lowest BCUT2D eigenvalue weighted by molar-refractivity contribution is 0.00457. The number of hydrogen-bond acceptors (Lipinski definition) is 3. The molecule has 1 aliphatic rings. The molecule has 0 saturated carbocycles. The van der Waals surface area contributed by atoms with Gasteiger partial charge in [-0.2, -0.15) is 0 Å². The number of fused-ring (bicyclic) bond motifs is 1. The van der Waals surface area contributed by atoms with Gasteiger partial charge in [-0.25, -0.2) is 4.79 Å². The normalized spacial score (nSPS) is 15.1. The van der Waals surface area contributed by atoms with Crippen molar-refractivity contribution in [3.8, 4) is 5.75 Å². The van der Waals surface area contributed by atoms with Crippen LogP contribution in [0.1, 0.15) is 42.3 Å². The zero-order valence-electron chi connectivity index (χ0n) is 10.1. The van der Waals surface area contributed by atoms with Crippen LogP contribution in [0.4, 0.5) is 0 Å². The average Bonchev–Trinajstić information content (AvgIpc) is 2.18. The zero-order valence-corrected chi connectivity index (χ0v) is 10.1. The van der Waals surface area contributed by atoms with Crippen LogP contribution in [0, 0.1) is 6.92 Å². The summed E-state index contributed by atoms with van der Waals surface area (Å²) in [7, 11) is 0. The number of rotatable bonds is 0. The van der Waals surface area contributed by atoms with Crippen molar-refractivity contribution in [3.63, 3.8) is 0 Å². The Morgan fingerprint density at radius 1 is 1.19 bits per heavy atom. The maximum Gasteiger partial charge on any atom is 0.344 e. The summed E-state index contributed by atoms with van der Waals surface area (Å²) in [4.78, 5) is 11.6. The Bertz CT molecular complexity index is 441. The van der Waals surface area contributed by atoms with E-state index < -0.39 is 0 Å². The van der Waals surface area contributed by atoms with E-state index in [4.69, 9.17) is 9.47 Å². The second-order valence-corrected chi connectivity index (χ2v) is 5.11. The van der Waals surface area contributed by atoms with Gasteiger partial charge in [-0.1, -0.05) is 26.8 Å². The van der Waals surface area contributed by atoms with Crippen molar-refractivity contribution >= 4 is 5.97 Å².